The highest BCUT2D eigenvalue weighted by atomic mass is 16.4. The number of carboxylic acid groups (broad SMARTS) is 1. The van der Waals surface area contributed by atoms with E-state index in [1.807, 2.05) is 0 Å². The number of carbonyl (C=O) groups excluding carboxylic acids is 3. The number of aliphatic carboxylic acids is 1. The lowest BCUT2D eigenvalue weighted by Gasteiger charge is -2.24. The first-order valence-electron chi connectivity index (χ1n) is 7.12. The molecule has 0 radical (unpaired) electrons. The summed E-state index contributed by atoms with van der Waals surface area (Å²) < 4.78 is 0. The molecule has 0 fully saturated rings. The van der Waals surface area contributed by atoms with Gasteiger partial charge in [-0.05, 0) is 5.92 Å². The maximum Gasteiger partial charge on any atom is 0.326 e. The Labute approximate surface area is 133 Å². The number of hydrogen-bond acceptors (Lipinski definition) is 6. The fourth-order valence-electron chi connectivity index (χ4n) is 1.72. The number of primary amides is 1. The Morgan fingerprint density at radius 1 is 1.13 bits per heavy atom. The van der Waals surface area contributed by atoms with Crippen LogP contribution in [0.4, 0.5) is 0 Å². The van der Waals surface area contributed by atoms with Gasteiger partial charge in [-0.1, -0.05) is 20.3 Å². The van der Waals surface area contributed by atoms with E-state index in [1.165, 1.54) is 0 Å². The first-order valence-corrected chi connectivity index (χ1v) is 7.12. The minimum Gasteiger partial charge on any atom is -0.480 e. The fourth-order valence-corrected chi connectivity index (χ4v) is 1.72. The molecule has 132 valence electrons. The lowest BCUT2D eigenvalue weighted by Crippen LogP contribution is -2.57. The van der Waals surface area contributed by atoms with Crippen molar-refractivity contribution >= 4 is 23.7 Å². The van der Waals surface area contributed by atoms with Crippen LogP contribution in [0.25, 0.3) is 0 Å². The topological polar surface area (TPSA) is 185 Å². The van der Waals surface area contributed by atoms with E-state index < -0.39 is 54.8 Å². The molecule has 8 N–H and O–H groups in total. The van der Waals surface area contributed by atoms with Crippen LogP contribution in [0.5, 0.6) is 0 Å². The van der Waals surface area contributed by atoms with Crippen LogP contribution < -0.4 is 22.1 Å². The van der Waals surface area contributed by atoms with Crippen LogP contribution >= 0.6 is 0 Å². The Morgan fingerprint density at radius 2 is 1.70 bits per heavy atom. The lowest BCUT2D eigenvalue weighted by molar-refractivity contribution is -0.144. The van der Waals surface area contributed by atoms with Gasteiger partial charge in [-0.2, -0.15) is 0 Å². The minimum absolute atomic E-state index is 0.344. The number of aliphatic hydroxyl groups is 1. The van der Waals surface area contributed by atoms with Gasteiger partial charge in [-0.15, -0.1) is 0 Å². The molecular formula is C13H24N4O6. The van der Waals surface area contributed by atoms with E-state index in [4.69, 9.17) is 16.6 Å². The molecule has 0 spiro atoms. The summed E-state index contributed by atoms with van der Waals surface area (Å²) in [7, 11) is 0. The van der Waals surface area contributed by atoms with Gasteiger partial charge in [0, 0.05) is 0 Å². The van der Waals surface area contributed by atoms with Crippen LogP contribution in [0.3, 0.4) is 0 Å². The molecule has 0 aliphatic heterocycles. The van der Waals surface area contributed by atoms with Crippen molar-refractivity contribution in [3.05, 3.63) is 0 Å². The molecule has 0 aliphatic rings. The predicted molar refractivity (Wildman–Crippen MR) is 79.8 cm³/mol. The molecular weight excluding hydrogens is 308 g/mol. The van der Waals surface area contributed by atoms with Crippen molar-refractivity contribution in [3.63, 3.8) is 0 Å². The molecule has 23 heavy (non-hydrogen) atoms. The molecule has 0 aromatic carbocycles. The first kappa shape index (κ1) is 20.8. The Balaban J connectivity index is 4.82. The molecule has 0 saturated carbocycles. The molecule has 0 saturated heterocycles. The average Bonchev–Trinajstić information content (AvgIpc) is 2.47. The number of hydrogen-bond donors (Lipinski definition) is 6. The van der Waals surface area contributed by atoms with Gasteiger partial charge < -0.3 is 32.3 Å². The van der Waals surface area contributed by atoms with Crippen LogP contribution in [0, 0.1) is 5.92 Å². The molecule has 0 rings (SSSR count). The third kappa shape index (κ3) is 7.06. The Hall–Kier alpha value is -2.20. The Kier molecular flexibility index (Phi) is 8.81. The van der Waals surface area contributed by atoms with Crippen LogP contribution in [0.2, 0.25) is 0 Å². The maximum atomic E-state index is 12.0. The van der Waals surface area contributed by atoms with E-state index in [-0.39, 0.29) is 5.92 Å². The van der Waals surface area contributed by atoms with Crippen molar-refractivity contribution in [3.8, 4) is 0 Å². The first-order chi connectivity index (χ1) is 10.6. The highest BCUT2D eigenvalue weighted by Gasteiger charge is 2.30. The van der Waals surface area contributed by atoms with E-state index in [1.54, 1.807) is 13.8 Å². The summed E-state index contributed by atoms with van der Waals surface area (Å²) in [5, 5.41) is 22.7. The van der Waals surface area contributed by atoms with E-state index in [2.05, 4.69) is 10.6 Å². The molecule has 10 heteroatoms. The van der Waals surface area contributed by atoms with Gasteiger partial charge in [0.2, 0.25) is 17.7 Å². The molecule has 0 heterocycles. The SMILES string of the molecule is CC[C@H](C)[C@H](NC(=O)[C@H](CO)NC(=O)[C@@H](N)CC(N)=O)C(=O)O. The summed E-state index contributed by atoms with van der Waals surface area (Å²) in [6, 6.07) is -3.80. The molecule has 4 atom stereocenters. The molecule has 0 aliphatic carbocycles. The number of nitrogens with two attached hydrogens (primary N) is 2. The van der Waals surface area contributed by atoms with Crippen LogP contribution in [0.15, 0.2) is 0 Å². The third-order valence-electron chi connectivity index (χ3n) is 3.35. The predicted octanol–water partition coefficient (Wildman–Crippen LogP) is -2.72. The summed E-state index contributed by atoms with van der Waals surface area (Å²) in [6.07, 6.45) is 0.0904. The smallest absolute Gasteiger partial charge is 0.326 e. The van der Waals surface area contributed by atoms with Crippen LogP contribution in [0.1, 0.15) is 26.7 Å². The molecule has 0 aromatic rings. The van der Waals surface area contributed by atoms with E-state index >= 15 is 0 Å². The van der Waals surface area contributed by atoms with Crippen LogP contribution in [-0.4, -0.2) is 58.6 Å². The molecule has 3 amide bonds. The van der Waals surface area contributed by atoms with Gasteiger partial charge in [0.1, 0.15) is 12.1 Å². The third-order valence-corrected chi connectivity index (χ3v) is 3.35. The molecule has 10 nitrogen and oxygen atoms in total. The van der Waals surface area contributed by atoms with Crippen molar-refractivity contribution in [1.82, 2.24) is 10.6 Å². The zero-order valence-electron chi connectivity index (χ0n) is 13.1. The standard InChI is InChI=1S/C13H24N4O6/c1-3-6(2)10(13(22)23)17-12(21)8(5-18)16-11(20)7(14)4-9(15)19/h6-8,10,18H,3-5,14H2,1-2H3,(H2,15,19)(H,16,20)(H,17,21)(H,22,23)/t6-,7-,8-,10-/m0/s1. The van der Waals surface area contributed by atoms with Gasteiger partial charge in [0.25, 0.3) is 0 Å². The normalized spacial score (nSPS) is 15.8. The van der Waals surface area contributed by atoms with Gasteiger partial charge in [-0.3, -0.25) is 14.4 Å². The number of rotatable bonds is 10. The Bertz CT molecular complexity index is 456. The number of amides is 3. The largest absolute Gasteiger partial charge is 0.480 e. The summed E-state index contributed by atoms with van der Waals surface area (Å²) in [5.41, 5.74) is 10.3. The van der Waals surface area contributed by atoms with Gasteiger partial charge in [0.05, 0.1) is 19.1 Å². The van der Waals surface area contributed by atoms with Gasteiger partial charge in [0.15, 0.2) is 0 Å². The number of aliphatic hydroxyl groups excluding tert-OH is 1. The molecule has 0 aromatic heterocycles. The van der Waals surface area contributed by atoms with Crippen molar-refractivity contribution < 1.29 is 29.4 Å². The van der Waals surface area contributed by atoms with Crippen molar-refractivity contribution in [1.29, 1.82) is 0 Å². The minimum atomic E-state index is -1.38. The number of carboxylic acids is 1. The maximum absolute atomic E-state index is 12.0. The zero-order chi connectivity index (χ0) is 18.2. The summed E-state index contributed by atoms with van der Waals surface area (Å²) in [4.78, 5) is 45.6. The van der Waals surface area contributed by atoms with Crippen molar-refractivity contribution in [2.75, 3.05) is 6.61 Å². The fraction of sp³-hybridized carbons (Fsp3) is 0.692. The summed E-state index contributed by atoms with van der Waals surface area (Å²) in [6.45, 7) is 2.66. The quantitative estimate of drug-likeness (QED) is 0.251. The molecule has 0 unspecified atom stereocenters. The Morgan fingerprint density at radius 3 is 2.09 bits per heavy atom. The number of carbonyl (C=O) groups is 4. The highest BCUT2D eigenvalue weighted by Crippen LogP contribution is 2.08. The second-order valence-corrected chi connectivity index (χ2v) is 5.23. The van der Waals surface area contributed by atoms with Crippen molar-refractivity contribution in [2.45, 2.75) is 44.8 Å². The number of nitrogens with one attached hydrogen (secondary N) is 2. The average molecular weight is 332 g/mol. The monoisotopic (exact) mass is 332 g/mol. The summed E-state index contributed by atoms with van der Waals surface area (Å²) in [5.74, 6) is -4.07. The van der Waals surface area contributed by atoms with E-state index in [0.29, 0.717) is 6.42 Å². The second-order valence-electron chi connectivity index (χ2n) is 5.23. The van der Waals surface area contributed by atoms with Gasteiger partial charge >= 0.3 is 5.97 Å². The molecule has 0 bridgehead atoms. The lowest BCUT2D eigenvalue weighted by atomic mass is 9.99. The zero-order valence-corrected chi connectivity index (χ0v) is 13.1. The van der Waals surface area contributed by atoms with Crippen molar-refractivity contribution in [2.24, 2.45) is 17.4 Å². The van der Waals surface area contributed by atoms with Gasteiger partial charge in [-0.25, -0.2) is 4.79 Å². The van der Waals surface area contributed by atoms with Crippen LogP contribution in [-0.2, 0) is 19.2 Å². The highest BCUT2D eigenvalue weighted by molar-refractivity contribution is 5.93. The van der Waals surface area contributed by atoms with E-state index in [9.17, 15) is 24.3 Å². The second kappa shape index (κ2) is 9.74. The van der Waals surface area contributed by atoms with E-state index in [0.717, 1.165) is 0 Å². The summed E-state index contributed by atoms with van der Waals surface area (Å²) >= 11 is 0.